The van der Waals surface area contributed by atoms with Gasteiger partial charge in [-0.2, -0.15) is 0 Å². The average molecular weight is 157 g/mol. The van der Waals surface area contributed by atoms with Gasteiger partial charge in [0, 0.05) is 6.04 Å². The van der Waals surface area contributed by atoms with E-state index in [1.807, 2.05) is 13.8 Å². The van der Waals surface area contributed by atoms with Gasteiger partial charge in [0.05, 0.1) is 11.9 Å². The van der Waals surface area contributed by atoms with Gasteiger partial charge in [0.1, 0.15) is 6.17 Å². The van der Waals surface area contributed by atoms with Crippen molar-refractivity contribution in [3.63, 3.8) is 0 Å². The SMILES string of the molecule is CC(F)c1cnnn1C(C)C. The molecule has 11 heavy (non-hydrogen) atoms. The molecule has 0 aliphatic carbocycles. The minimum atomic E-state index is -0.993. The fourth-order valence-corrected chi connectivity index (χ4v) is 0.938. The van der Waals surface area contributed by atoms with E-state index in [2.05, 4.69) is 10.3 Å². The highest BCUT2D eigenvalue weighted by Crippen LogP contribution is 2.17. The van der Waals surface area contributed by atoms with Gasteiger partial charge in [0.15, 0.2) is 0 Å². The molecule has 0 aliphatic heterocycles. The zero-order chi connectivity index (χ0) is 8.43. The molecule has 0 bridgehead atoms. The van der Waals surface area contributed by atoms with Gasteiger partial charge < -0.3 is 0 Å². The standard InChI is InChI=1S/C7H12FN3/c1-5(2)11-7(6(3)8)4-9-10-11/h4-6H,1-3H3. The number of halogens is 1. The lowest BCUT2D eigenvalue weighted by Crippen LogP contribution is -2.08. The Balaban J connectivity index is 2.96. The molecular weight excluding hydrogens is 145 g/mol. The van der Waals surface area contributed by atoms with Gasteiger partial charge in [0.25, 0.3) is 0 Å². The molecule has 0 radical (unpaired) electrons. The number of aromatic nitrogens is 3. The van der Waals surface area contributed by atoms with Crippen molar-refractivity contribution in [3.05, 3.63) is 11.9 Å². The molecule has 1 heterocycles. The first kappa shape index (κ1) is 8.17. The molecule has 0 saturated heterocycles. The van der Waals surface area contributed by atoms with Crippen LogP contribution in [-0.2, 0) is 0 Å². The molecule has 1 aromatic rings. The maximum absolute atomic E-state index is 12.8. The minimum Gasteiger partial charge on any atom is -0.244 e. The third-order valence-electron chi connectivity index (χ3n) is 1.50. The van der Waals surface area contributed by atoms with E-state index in [-0.39, 0.29) is 6.04 Å². The first-order valence-corrected chi connectivity index (χ1v) is 3.67. The van der Waals surface area contributed by atoms with Crippen LogP contribution >= 0.6 is 0 Å². The third kappa shape index (κ3) is 1.56. The molecule has 0 N–H and O–H groups in total. The summed E-state index contributed by atoms with van der Waals surface area (Å²) in [5, 5.41) is 7.40. The van der Waals surface area contributed by atoms with Gasteiger partial charge in [0.2, 0.25) is 0 Å². The van der Waals surface area contributed by atoms with Crippen molar-refractivity contribution < 1.29 is 4.39 Å². The Kier molecular flexibility index (Phi) is 2.22. The fourth-order valence-electron chi connectivity index (χ4n) is 0.938. The Morgan fingerprint density at radius 3 is 2.45 bits per heavy atom. The Morgan fingerprint density at radius 1 is 1.45 bits per heavy atom. The van der Waals surface area contributed by atoms with E-state index in [4.69, 9.17) is 0 Å². The summed E-state index contributed by atoms with van der Waals surface area (Å²) in [7, 11) is 0. The largest absolute Gasteiger partial charge is 0.244 e. The number of hydrogen-bond acceptors (Lipinski definition) is 2. The fraction of sp³-hybridized carbons (Fsp3) is 0.714. The molecule has 0 spiro atoms. The van der Waals surface area contributed by atoms with Crippen molar-refractivity contribution in [3.8, 4) is 0 Å². The summed E-state index contributed by atoms with van der Waals surface area (Å²) in [6.07, 6.45) is 0.470. The lowest BCUT2D eigenvalue weighted by molar-refractivity contribution is 0.337. The summed E-state index contributed by atoms with van der Waals surface area (Å²) in [4.78, 5) is 0. The summed E-state index contributed by atoms with van der Waals surface area (Å²) in [6, 6.07) is 0.172. The zero-order valence-electron chi connectivity index (χ0n) is 6.95. The van der Waals surface area contributed by atoms with E-state index < -0.39 is 6.17 Å². The zero-order valence-corrected chi connectivity index (χ0v) is 6.95. The van der Waals surface area contributed by atoms with Crippen LogP contribution in [-0.4, -0.2) is 15.0 Å². The Hall–Kier alpha value is -0.930. The average Bonchev–Trinajstić information content (AvgIpc) is 2.32. The molecule has 1 unspecified atom stereocenters. The van der Waals surface area contributed by atoms with Crippen molar-refractivity contribution >= 4 is 0 Å². The summed E-state index contributed by atoms with van der Waals surface area (Å²) >= 11 is 0. The Morgan fingerprint density at radius 2 is 2.09 bits per heavy atom. The quantitative estimate of drug-likeness (QED) is 0.656. The molecule has 4 heteroatoms. The molecule has 0 amide bonds. The summed E-state index contributed by atoms with van der Waals surface area (Å²) in [6.45, 7) is 5.37. The van der Waals surface area contributed by atoms with Crippen LogP contribution in [0.1, 0.15) is 38.7 Å². The van der Waals surface area contributed by atoms with Crippen LogP contribution in [0.25, 0.3) is 0 Å². The Bertz CT molecular complexity index is 207. The van der Waals surface area contributed by atoms with Crippen LogP contribution in [0.4, 0.5) is 4.39 Å². The highest BCUT2D eigenvalue weighted by atomic mass is 19.1. The minimum absolute atomic E-state index is 0.172. The topological polar surface area (TPSA) is 30.7 Å². The third-order valence-corrected chi connectivity index (χ3v) is 1.50. The lowest BCUT2D eigenvalue weighted by Gasteiger charge is -2.09. The summed E-state index contributed by atoms with van der Waals surface area (Å²) in [5.41, 5.74) is 0.542. The van der Waals surface area contributed by atoms with Crippen molar-refractivity contribution in [2.75, 3.05) is 0 Å². The van der Waals surface area contributed by atoms with E-state index in [9.17, 15) is 4.39 Å². The number of hydrogen-bond donors (Lipinski definition) is 0. The normalized spacial score (nSPS) is 13.9. The second-order valence-electron chi connectivity index (χ2n) is 2.81. The highest BCUT2D eigenvalue weighted by Gasteiger charge is 2.12. The van der Waals surface area contributed by atoms with Crippen molar-refractivity contribution in [1.82, 2.24) is 15.0 Å². The van der Waals surface area contributed by atoms with Crippen LogP contribution < -0.4 is 0 Å². The van der Waals surface area contributed by atoms with Gasteiger partial charge in [-0.05, 0) is 20.8 Å². The van der Waals surface area contributed by atoms with Gasteiger partial charge in [-0.25, -0.2) is 9.07 Å². The molecule has 1 aromatic heterocycles. The molecule has 1 atom stereocenters. The maximum Gasteiger partial charge on any atom is 0.140 e. The number of nitrogens with zero attached hydrogens (tertiary/aromatic N) is 3. The monoisotopic (exact) mass is 157 g/mol. The first-order valence-electron chi connectivity index (χ1n) is 3.67. The van der Waals surface area contributed by atoms with E-state index >= 15 is 0 Å². The lowest BCUT2D eigenvalue weighted by atomic mass is 10.3. The van der Waals surface area contributed by atoms with Gasteiger partial charge >= 0.3 is 0 Å². The van der Waals surface area contributed by atoms with E-state index in [1.165, 1.54) is 13.1 Å². The van der Waals surface area contributed by atoms with Crippen molar-refractivity contribution in [2.24, 2.45) is 0 Å². The van der Waals surface area contributed by atoms with Crippen LogP contribution in [0, 0.1) is 0 Å². The second-order valence-corrected chi connectivity index (χ2v) is 2.81. The van der Waals surface area contributed by atoms with Crippen LogP contribution in [0.3, 0.4) is 0 Å². The molecule has 0 aliphatic rings. The molecule has 62 valence electrons. The van der Waals surface area contributed by atoms with Gasteiger partial charge in [-0.3, -0.25) is 0 Å². The van der Waals surface area contributed by atoms with Crippen LogP contribution in [0.15, 0.2) is 6.20 Å². The number of rotatable bonds is 2. The predicted molar refractivity (Wildman–Crippen MR) is 39.9 cm³/mol. The van der Waals surface area contributed by atoms with E-state index in [0.29, 0.717) is 5.69 Å². The molecule has 0 saturated carbocycles. The Labute approximate surface area is 65.2 Å². The van der Waals surface area contributed by atoms with Crippen molar-refractivity contribution in [1.29, 1.82) is 0 Å². The second kappa shape index (κ2) is 2.98. The molecule has 0 fully saturated rings. The molecule has 3 nitrogen and oxygen atoms in total. The van der Waals surface area contributed by atoms with Crippen molar-refractivity contribution in [2.45, 2.75) is 33.0 Å². The first-order chi connectivity index (χ1) is 5.13. The summed E-state index contributed by atoms with van der Waals surface area (Å²) in [5.74, 6) is 0. The highest BCUT2D eigenvalue weighted by molar-refractivity contribution is 4.98. The van der Waals surface area contributed by atoms with E-state index in [0.717, 1.165) is 0 Å². The van der Waals surface area contributed by atoms with Gasteiger partial charge in [-0.1, -0.05) is 5.21 Å². The van der Waals surface area contributed by atoms with Gasteiger partial charge in [-0.15, -0.1) is 5.10 Å². The predicted octanol–water partition coefficient (Wildman–Crippen LogP) is 1.89. The molecular formula is C7H12FN3. The molecule has 0 aromatic carbocycles. The molecule has 1 rings (SSSR count). The maximum atomic E-state index is 12.8. The summed E-state index contributed by atoms with van der Waals surface area (Å²) < 4.78 is 14.4. The smallest absolute Gasteiger partial charge is 0.140 e. The van der Waals surface area contributed by atoms with Crippen LogP contribution in [0.2, 0.25) is 0 Å². The van der Waals surface area contributed by atoms with E-state index in [1.54, 1.807) is 4.68 Å². The van der Waals surface area contributed by atoms with Crippen LogP contribution in [0.5, 0.6) is 0 Å². The number of alkyl halides is 1.